The lowest BCUT2D eigenvalue weighted by molar-refractivity contribution is 0.0922. The van der Waals surface area contributed by atoms with Gasteiger partial charge in [0.2, 0.25) is 0 Å². The smallest absolute Gasteiger partial charge is 0.252 e. The van der Waals surface area contributed by atoms with Crippen molar-refractivity contribution in [3.8, 4) is 0 Å². The highest BCUT2D eigenvalue weighted by atomic mass is 19.1. The summed E-state index contributed by atoms with van der Waals surface area (Å²) in [6.45, 7) is 3.83. The maximum Gasteiger partial charge on any atom is 0.252 e. The van der Waals surface area contributed by atoms with Gasteiger partial charge in [0.15, 0.2) is 0 Å². The van der Waals surface area contributed by atoms with Gasteiger partial charge in [0.25, 0.3) is 5.91 Å². The van der Waals surface area contributed by atoms with E-state index in [0.29, 0.717) is 17.5 Å². The molecule has 1 heterocycles. The summed E-state index contributed by atoms with van der Waals surface area (Å²) in [7, 11) is 0. The number of halogens is 1. The Bertz CT molecular complexity index is 414. The molecule has 80 valence electrons. The van der Waals surface area contributed by atoms with Gasteiger partial charge in [-0.3, -0.25) is 4.79 Å². The third-order valence-electron chi connectivity index (χ3n) is 2.97. The van der Waals surface area contributed by atoms with Gasteiger partial charge in [0.05, 0.1) is 0 Å². The second-order valence-corrected chi connectivity index (χ2v) is 4.00. The molecule has 1 amide bonds. The Kier molecular flexibility index (Phi) is 2.47. The third-order valence-corrected chi connectivity index (χ3v) is 2.97. The van der Waals surface area contributed by atoms with Crippen molar-refractivity contribution in [2.75, 3.05) is 0 Å². The lowest BCUT2D eigenvalue weighted by Gasteiger charge is -2.26. The molecule has 0 spiro atoms. The van der Waals surface area contributed by atoms with Crippen molar-refractivity contribution in [3.05, 3.63) is 34.6 Å². The number of nitrogens with one attached hydrogen (secondary N) is 1. The highest BCUT2D eigenvalue weighted by molar-refractivity contribution is 5.98. The van der Waals surface area contributed by atoms with Crippen LogP contribution in [-0.4, -0.2) is 11.9 Å². The van der Waals surface area contributed by atoms with Crippen LogP contribution < -0.4 is 5.32 Å². The van der Waals surface area contributed by atoms with Crippen LogP contribution in [0.3, 0.4) is 0 Å². The van der Waals surface area contributed by atoms with Gasteiger partial charge in [-0.25, -0.2) is 4.39 Å². The van der Waals surface area contributed by atoms with Crippen LogP contribution in [0.5, 0.6) is 0 Å². The molecule has 1 unspecified atom stereocenters. The van der Waals surface area contributed by atoms with Crippen LogP contribution in [0, 0.1) is 12.7 Å². The zero-order chi connectivity index (χ0) is 11.0. The standard InChI is InChI=1S/C12H14FNO/c1-3-8-6-9-10(13)5-4-7(2)11(9)12(15)14-8/h4-5,8H,3,6H2,1-2H3,(H,14,15). The van der Waals surface area contributed by atoms with E-state index in [1.807, 2.05) is 13.8 Å². The minimum atomic E-state index is -0.260. The van der Waals surface area contributed by atoms with E-state index in [2.05, 4.69) is 5.32 Å². The molecule has 0 fully saturated rings. The first-order valence-corrected chi connectivity index (χ1v) is 5.22. The maximum absolute atomic E-state index is 13.6. The SMILES string of the molecule is CCC1Cc2c(F)ccc(C)c2C(=O)N1. The van der Waals surface area contributed by atoms with Gasteiger partial charge in [0.1, 0.15) is 5.82 Å². The topological polar surface area (TPSA) is 29.1 Å². The minimum absolute atomic E-state index is 0.0706. The summed E-state index contributed by atoms with van der Waals surface area (Å²) in [6, 6.07) is 3.17. The largest absolute Gasteiger partial charge is 0.349 e. The Morgan fingerprint density at radius 2 is 2.27 bits per heavy atom. The van der Waals surface area contributed by atoms with Gasteiger partial charge in [-0.05, 0) is 31.4 Å². The first-order chi connectivity index (χ1) is 7.13. The molecule has 1 aromatic carbocycles. The van der Waals surface area contributed by atoms with Gasteiger partial charge in [0, 0.05) is 17.2 Å². The van der Waals surface area contributed by atoms with Crippen LogP contribution in [0.15, 0.2) is 12.1 Å². The average Bonchev–Trinajstić information content (AvgIpc) is 2.23. The molecule has 15 heavy (non-hydrogen) atoms. The van der Waals surface area contributed by atoms with Crippen molar-refractivity contribution in [2.24, 2.45) is 0 Å². The zero-order valence-corrected chi connectivity index (χ0v) is 8.93. The van der Waals surface area contributed by atoms with E-state index in [0.717, 1.165) is 12.0 Å². The number of hydrogen-bond donors (Lipinski definition) is 1. The molecule has 3 heteroatoms. The van der Waals surface area contributed by atoms with E-state index in [9.17, 15) is 9.18 Å². The summed E-state index contributed by atoms with van der Waals surface area (Å²) in [4.78, 5) is 11.8. The van der Waals surface area contributed by atoms with E-state index in [1.54, 1.807) is 6.07 Å². The van der Waals surface area contributed by atoms with Gasteiger partial charge in [-0.1, -0.05) is 13.0 Å². The van der Waals surface area contributed by atoms with Crippen molar-refractivity contribution in [1.29, 1.82) is 0 Å². The minimum Gasteiger partial charge on any atom is -0.349 e. The van der Waals surface area contributed by atoms with Crippen LogP contribution in [-0.2, 0) is 6.42 Å². The molecule has 2 rings (SSSR count). The number of fused-ring (bicyclic) bond motifs is 1. The number of carbonyl (C=O) groups excluding carboxylic acids is 1. The van der Waals surface area contributed by atoms with Crippen molar-refractivity contribution in [1.82, 2.24) is 5.32 Å². The van der Waals surface area contributed by atoms with E-state index in [4.69, 9.17) is 0 Å². The number of hydrogen-bond acceptors (Lipinski definition) is 1. The van der Waals surface area contributed by atoms with Crippen molar-refractivity contribution in [3.63, 3.8) is 0 Å². The maximum atomic E-state index is 13.6. The molecule has 0 radical (unpaired) electrons. The molecule has 1 aromatic rings. The second-order valence-electron chi connectivity index (χ2n) is 4.00. The number of benzene rings is 1. The molecule has 0 aliphatic carbocycles. The molecular formula is C12H14FNO. The molecule has 1 aliphatic rings. The normalized spacial score (nSPS) is 19.7. The second kappa shape index (κ2) is 3.65. The predicted octanol–water partition coefficient (Wildman–Crippen LogP) is 2.20. The fourth-order valence-corrected chi connectivity index (χ4v) is 2.06. The lowest BCUT2D eigenvalue weighted by Crippen LogP contribution is -2.41. The van der Waals surface area contributed by atoms with Crippen LogP contribution in [0.2, 0.25) is 0 Å². The summed E-state index contributed by atoms with van der Waals surface area (Å²) in [5.41, 5.74) is 1.95. The molecule has 0 saturated heterocycles. The number of rotatable bonds is 1. The first kappa shape index (κ1) is 10.1. The Balaban J connectivity index is 2.53. The van der Waals surface area contributed by atoms with Crippen LogP contribution in [0.1, 0.15) is 34.8 Å². The highest BCUT2D eigenvalue weighted by Crippen LogP contribution is 2.24. The molecule has 1 N–H and O–H groups in total. The highest BCUT2D eigenvalue weighted by Gasteiger charge is 2.26. The van der Waals surface area contributed by atoms with E-state index >= 15 is 0 Å². The van der Waals surface area contributed by atoms with Crippen molar-refractivity contribution >= 4 is 5.91 Å². The Hall–Kier alpha value is -1.38. The Morgan fingerprint density at radius 3 is 2.93 bits per heavy atom. The zero-order valence-electron chi connectivity index (χ0n) is 8.93. The van der Waals surface area contributed by atoms with Crippen LogP contribution in [0.25, 0.3) is 0 Å². The van der Waals surface area contributed by atoms with E-state index in [-0.39, 0.29) is 17.8 Å². The van der Waals surface area contributed by atoms with Gasteiger partial charge >= 0.3 is 0 Å². The van der Waals surface area contributed by atoms with Gasteiger partial charge in [-0.2, -0.15) is 0 Å². The Labute approximate surface area is 88.5 Å². The summed E-state index contributed by atoms with van der Waals surface area (Å²) < 4.78 is 13.6. The van der Waals surface area contributed by atoms with Crippen molar-refractivity contribution < 1.29 is 9.18 Å². The molecule has 0 saturated carbocycles. The fourth-order valence-electron chi connectivity index (χ4n) is 2.06. The average molecular weight is 207 g/mol. The summed E-state index contributed by atoms with van der Waals surface area (Å²) in [6.07, 6.45) is 1.43. The first-order valence-electron chi connectivity index (χ1n) is 5.22. The van der Waals surface area contributed by atoms with Crippen LogP contribution >= 0.6 is 0 Å². The van der Waals surface area contributed by atoms with Crippen LogP contribution in [0.4, 0.5) is 4.39 Å². The lowest BCUT2D eigenvalue weighted by atomic mass is 9.90. The fraction of sp³-hybridized carbons (Fsp3) is 0.417. The van der Waals surface area contributed by atoms with Gasteiger partial charge < -0.3 is 5.32 Å². The number of carbonyl (C=O) groups is 1. The molecular weight excluding hydrogens is 193 g/mol. The third kappa shape index (κ3) is 1.62. The molecule has 1 atom stereocenters. The number of aryl methyl sites for hydroxylation is 1. The van der Waals surface area contributed by atoms with E-state index < -0.39 is 0 Å². The van der Waals surface area contributed by atoms with Crippen molar-refractivity contribution in [2.45, 2.75) is 32.7 Å². The molecule has 0 bridgehead atoms. The van der Waals surface area contributed by atoms with E-state index in [1.165, 1.54) is 6.07 Å². The quantitative estimate of drug-likeness (QED) is 0.751. The predicted molar refractivity (Wildman–Crippen MR) is 56.4 cm³/mol. The summed E-state index contributed by atoms with van der Waals surface area (Å²) in [5, 5.41) is 2.88. The molecule has 1 aliphatic heterocycles. The number of amides is 1. The molecule has 2 nitrogen and oxygen atoms in total. The monoisotopic (exact) mass is 207 g/mol. The summed E-state index contributed by atoms with van der Waals surface area (Å²) in [5.74, 6) is -0.399. The summed E-state index contributed by atoms with van der Waals surface area (Å²) >= 11 is 0. The van der Waals surface area contributed by atoms with Gasteiger partial charge in [-0.15, -0.1) is 0 Å². The Morgan fingerprint density at radius 1 is 1.53 bits per heavy atom. The molecule has 0 aromatic heterocycles.